The summed E-state index contributed by atoms with van der Waals surface area (Å²) in [5.74, 6) is 0.525. The maximum absolute atomic E-state index is 2.47. The molecule has 0 radical (unpaired) electrons. The average Bonchev–Trinajstić information content (AvgIpc) is 3.24. The largest absolute Gasteiger partial charge is 0.0763 e. The second-order valence-corrected chi connectivity index (χ2v) is 7.75. The zero-order chi connectivity index (χ0) is 17.7. The van der Waals surface area contributed by atoms with E-state index < -0.39 is 0 Å². The van der Waals surface area contributed by atoms with Crippen LogP contribution in [0.1, 0.15) is 52.1 Å². The van der Waals surface area contributed by atoms with Crippen LogP contribution in [0.3, 0.4) is 0 Å². The van der Waals surface area contributed by atoms with Crippen molar-refractivity contribution < 1.29 is 0 Å². The molecule has 2 aliphatic carbocycles. The van der Waals surface area contributed by atoms with Gasteiger partial charge >= 0.3 is 0 Å². The van der Waals surface area contributed by atoms with Gasteiger partial charge in [-0.15, -0.1) is 0 Å². The molecule has 0 heterocycles. The summed E-state index contributed by atoms with van der Waals surface area (Å²) in [6.45, 7) is 4.51. The Morgan fingerprint density at radius 3 is 2.08 bits per heavy atom. The smallest absolute Gasteiger partial charge is 0.0105 e. The highest BCUT2D eigenvalue weighted by atomic mass is 14.3. The molecule has 0 atom stereocenters. The third-order valence-corrected chi connectivity index (χ3v) is 6.29. The third kappa shape index (κ3) is 2.29. The van der Waals surface area contributed by atoms with Crippen LogP contribution in [-0.2, 0) is 6.42 Å². The highest BCUT2D eigenvalue weighted by molar-refractivity contribution is 5.80. The van der Waals surface area contributed by atoms with Gasteiger partial charge in [0.1, 0.15) is 0 Å². The lowest BCUT2D eigenvalue weighted by Gasteiger charge is -2.16. The third-order valence-electron chi connectivity index (χ3n) is 6.29. The lowest BCUT2D eigenvalue weighted by atomic mass is 9.88. The monoisotopic (exact) mass is 336 g/mol. The van der Waals surface area contributed by atoms with E-state index in [1.165, 1.54) is 45.4 Å². The Morgan fingerprint density at radius 2 is 1.38 bits per heavy atom. The van der Waals surface area contributed by atoms with Crippen LogP contribution < -0.4 is 0 Å². The maximum atomic E-state index is 2.47. The van der Waals surface area contributed by atoms with E-state index in [1.54, 1.807) is 11.1 Å². The van der Waals surface area contributed by atoms with Gasteiger partial charge in [0.05, 0.1) is 0 Å². The van der Waals surface area contributed by atoms with Crippen LogP contribution in [-0.4, -0.2) is 0 Å². The first-order valence-corrected chi connectivity index (χ1v) is 9.71. The number of hydrogen-bond acceptors (Lipinski definition) is 0. The molecular weight excluding hydrogens is 312 g/mol. The van der Waals surface area contributed by atoms with E-state index in [4.69, 9.17) is 0 Å². The number of aryl methyl sites for hydroxylation is 2. The van der Waals surface area contributed by atoms with E-state index in [1.807, 2.05) is 0 Å². The quantitative estimate of drug-likeness (QED) is 0.491. The van der Waals surface area contributed by atoms with Crippen molar-refractivity contribution >= 4 is 5.57 Å². The van der Waals surface area contributed by atoms with Gasteiger partial charge in [-0.25, -0.2) is 0 Å². The Kier molecular flexibility index (Phi) is 3.60. The molecule has 3 aromatic rings. The highest BCUT2D eigenvalue weighted by Gasteiger charge is 2.28. The summed E-state index contributed by atoms with van der Waals surface area (Å²) >= 11 is 0. The Balaban J connectivity index is 1.47. The summed E-state index contributed by atoms with van der Waals surface area (Å²) in [5, 5.41) is 0. The SMILES string of the molecule is Cc1ccc(C)c2c1CC=C2CCC1c2ccccc2-c2ccccc21. The predicted octanol–water partition coefficient (Wildman–Crippen LogP) is 6.84. The van der Waals surface area contributed by atoms with Crippen molar-refractivity contribution in [2.24, 2.45) is 0 Å². The van der Waals surface area contributed by atoms with E-state index in [0.717, 1.165) is 12.8 Å². The van der Waals surface area contributed by atoms with Gasteiger partial charge in [0.2, 0.25) is 0 Å². The molecule has 0 unspecified atom stereocenters. The molecular formula is C26H24. The van der Waals surface area contributed by atoms with Crippen molar-refractivity contribution in [1.29, 1.82) is 0 Å². The molecule has 0 aliphatic heterocycles. The van der Waals surface area contributed by atoms with Crippen molar-refractivity contribution in [1.82, 2.24) is 0 Å². The van der Waals surface area contributed by atoms with E-state index in [9.17, 15) is 0 Å². The topological polar surface area (TPSA) is 0 Å². The molecule has 0 nitrogen and oxygen atoms in total. The molecule has 0 saturated carbocycles. The van der Waals surface area contributed by atoms with Crippen molar-refractivity contribution in [3.8, 4) is 11.1 Å². The van der Waals surface area contributed by atoms with Gasteiger partial charge in [0, 0.05) is 5.92 Å². The number of fused-ring (bicyclic) bond motifs is 4. The Labute approximate surface area is 156 Å². The zero-order valence-electron chi connectivity index (χ0n) is 15.5. The van der Waals surface area contributed by atoms with Crippen LogP contribution in [0.4, 0.5) is 0 Å². The Hall–Kier alpha value is -2.60. The van der Waals surface area contributed by atoms with Crippen molar-refractivity contribution in [2.45, 2.75) is 39.0 Å². The minimum atomic E-state index is 0.525. The molecule has 0 aromatic heterocycles. The van der Waals surface area contributed by atoms with Crippen LogP contribution in [0.25, 0.3) is 16.7 Å². The van der Waals surface area contributed by atoms with E-state index in [-0.39, 0.29) is 0 Å². The summed E-state index contributed by atoms with van der Waals surface area (Å²) in [7, 11) is 0. The Bertz CT molecular complexity index is 990. The molecule has 0 spiro atoms. The van der Waals surface area contributed by atoms with Gasteiger partial charge in [-0.3, -0.25) is 0 Å². The molecule has 0 N–H and O–H groups in total. The number of allylic oxidation sites excluding steroid dienone is 2. The lowest BCUT2D eigenvalue weighted by Crippen LogP contribution is -1.99. The minimum Gasteiger partial charge on any atom is -0.0763 e. The van der Waals surface area contributed by atoms with Crippen LogP contribution in [0.5, 0.6) is 0 Å². The van der Waals surface area contributed by atoms with Crippen LogP contribution in [0.2, 0.25) is 0 Å². The van der Waals surface area contributed by atoms with Crippen molar-refractivity contribution in [3.63, 3.8) is 0 Å². The van der Waals surface area contributed by atoms with Crippen molar-refractivity contribution in [3.05, 3.63) is 100 Å². The first kappa shape index (κ1) is 15.6. The Morgan fingerprint density at radius 1 is 0.769 bits per heavy atom. The van der Waals surface area contributed by atoms with Crippen LogP contribution in [0, 0.1) is 13.8 Å². The fraction of sp³-hybridized carbons (Fsp3) is 0.231. The zero-order valence-corrected chi connectivity index (χ0v) is 15.5. The molecule has 0 fully saturated rings. The van der Waals surface area contributed by atoms with Gasteiger partial charge in [0.15, 0.2) is 0 Å². The summed E-state index contributed by atoms with van der Waals surface area (Å²) in [6.07, 6.45) is 5.92. The predicted molar refractivity (Wildman–Crippen MR) is 111 cm³/mol. The minimum absolute atomic E-state index is 0.525. The fourth-order valence-electron chi connectivity index (χ4n) is 5.00. The lowest BCUT2D eigenvalue weighted by molar-refractivity contribution is 0.751. The first-order chi connectivity index (χ1) is 12.7. The number of benzene rings is 3. The number of hydrogen-bond donors (Lipinski definition) is 0. The van der Waals surface area contributed by atoms with Crippen molar-refractivity contribution in [2.75, 3.05) is 0 Å². The summed E-state index contributed by atoms with van der Waals surface area (Å²) in [6, 6.07) is 22.5. The fourth-order valence-corrected chi connectivity index (χ4v) is 5.00. The second-order valence-electron chi connectivity index (χ2n) is 7.75. The molecule has 3 aromatic carbocycles. The average molecular weight is 336 g/mol. The molecule has 0 heteroatoms. The standard InChI is InChI=1S/C26H24/c1-17-11-12-18(2)26-19(13-15-20(17)26)14-16-25-23-9-5-3-7-21(23)22-8-4-6-10-24(22)25/h3-13,25H,14-16H2,1-2H3. The highest BCUT2D eigenvalue weighted by Crippen LogP contribution is 2.48. The van der Waals surface area contributed by atoms with Gasteiger partial charge in [0.25, 0.3) is 0 Å². The summed E-state index contributed by atoms with van der Waals surface area (Å²) < 4.78 is 0. The van der Waals surface area contributed by atoms with E-state index in [0.29, 0.717) is 5.92 Å². The second kappa shape index (κ2) is 5.99. The molecule has 0 amide bonds. The van der Waals surface area contributed by atoms with Gasteiger partial charge in [-0.2, -0.15) is 0 Å². The number of rotatable bonds is 3. The molecule has 2 aliphatic rings. The van der Waals surface area contributed by atoms with Gasteiger partial charge < -0.3 is 0 Å². The van der Waals surface area contributed by atoms with E-state index in [2.05, 4.69) is 80.6 Å². The summed E-state index contributed by atoms with van der Waals surface area (Å²) in [4.78, 5) is 0. The van der Waals surface area contributed by atoms with Crippen LogP contribution in [0.15, 0.2) is 66.7 Å². The molecule has 128 valence electrons. The normalized spacial score (nSPS) is 14.8. The van der Waals surface area contributed by atoms with E-state index >= 15 is 0 Å². The maximum Gasteiger partial charge on any atom is 0.0105 e. The van der Waals surface area contributed by atoms with Crippen LogP contribution >= 0.6 is 0 Å². The molecule has 0 saturated heterocycles. The first-order valence-electron chi connectivity index (χ1n) is 9.71. The molecule has 0 bridgehead atoms. The summed E-state index contributed by atoms with van der Waals surface area (Å²) in [5.41, 5.74) is 13.4. The van der Waals surface area contributed by atoms with Gasteiger partial charge in [-0.1, -0.05) is 66.7 Å². The molecule has 5 rings (SSSR count). The molecule has 26 heavy (non-hydrogen) atoms. The van der Waals surface area contributed by atoms with Gasteiger partial charge in [-0.05, 0) is 83.2 Å².